The van der Waals surface area contributed by atoms with Gasteiger partial charge in [0, 0.05) is 6.42 Å². The fourth-order valence-electron chi connectivity index (χ4n) is 2.01. The Kier molecular flexibility index (Phi) is 8.05. The number of carbonyl (C=O) groups excluding carboxylic acids is 3. The molecule has 144 valence electrons. The molecule has 0 radical (unpaired) electrons. The van der Waals surface area contributed by atoms with E-state index in [9.17, 15) is 14.4 Å². The van der Waals surface area contributed by atoms with Crippen molar-refractivity contribution in [1.82, 2.24) is 16.2 Å². The molecule has 2 amide bonds. The zero-order valence-electron chi connectivity index (χ0n) is 15.8. The highest BCUT2D eigenvalue weighted by molar-refractivity contribution is 5.86. The average Bonchev–Trinajstić information content (AvgIpc) is 2.57. The maximum Gasteiger partial charge on any atom is 0.408 e. The molecule has 0 bridgehead atoms. The lowest BCUT2D eigenvalue weighted by atomic mass is 10.1. The molecule has 26 heavy (non-hydrogen) atoms. The SMILES string of the molecule is COC(=O)[C@@H](C)NNC(=O)[C@H](Cc1ccccc1)NC(=O)OC(C)(C)C. The van der Waals surface area contributed by atoms with E-state index in [1.54, 1.807) is 27.7 Å². The molecule has 1 rings (SSSR count). The lowest BCUT2D eigenvalue weighted by Crippen LogP contribution is -2.55. The lowest BCUT2D eigenvalue weighted by molar-refractivity contribution is -0.143. The van der Waals surface area contributed by atoms with Gasteiger partial charge in [-0.15, -0.1) is 0 Å². The smallest absolute Gasteiger partial charge is 0.408 e. The third kappa shape index (κ3) is 7.98. The topological polar surface area (TPSA) is 106 Å². The van der Waals surface area contributed by atoms with Gasteiger partial charge in [0.1, 0.15) is 17.7 Å². The van der Waals surface area contributed by atoms with Crippen molar-refractivity contribution < 1.29 is 23.9 Å². The Morgan fingerprint density at radius 3 is 2.27 bits per heavy atom. The molecule has 0 spiro atoms. The highest BCUT2D eigenvalue weighted by Crippen LogP contribution is 2.08. The Morgan fingerprint density at radius 2 is 1.73 bits per heavy atom. The predicted octanol–water partition coefficient (Wildman–Crippen LogP) is 1.30. The largest absolute Gasteiger partial charge is 0.468 e. The summed E-state index contributed by atoms with van der Waals surface area (Å²) in [6, 6.07) is 7.63. The molecule has 0 aliphatic heterocycles. The molecular formula is C18H27N3O5. The number of methoxy groups -OCH3 is 1. The summed E-state index contributed by atoms with van der Waals surface area (Å²) in [5, 5.41) is 2.56. The molecule has 0 aromatic heterocycles. The first kappa shape index (κ1) is 21.4. The molecule has 0 fully saturated rings. The maximum atomic E-state index is 12.5. The van der Waals surface area contributed by atoms with E-state index < -0.39 is 35.7 Å². The van der Waals surface area contributed by atoms with Crippen LogP contribution in [0.25, 0.3) is 0 Å². The predicted molar refractivity (Wildman–Crippen MR) is 96.1 cm³/mol. The summed E-state index contributed by atoms with van der Waals surface area (Å²) in [6.45, 7) is 6.74. The van der Waals surface area contributed by atoms with Crippen molar-refractivity contribution in [2.24, 2.45) is 0 Å². The summed E-state index contributed by atoms with van der Waals surface area (Å²) >= 11 is 0. The summed E-state index contributed by atoms with van der Waals surface area (Å²) in [4.78, 5) is 35.9. The third-order valence-corrected chi connectivity index (χ3v) is 3.26. The number of alkyl carbamates (subject to hydrolysis) is 1. The van der Waals surface area contributed by atoms with E-state index in [4.69, 9.17) is 4.74 Å². The van der Waals surface area contributed by atoms with Crippen LogP contribution in [0.15, 0.2) is 30.3 Å². The van der Waals surface area contributed by atoms with Crippen molar-refractivity contribution in [2.75, 3.05) is 7.11 Å². The van der Waals surface area contributed by atoms with E-state index in [-0.39, 0.29) is 6.42 Å². The fraction of sp³-hybridized carbons (Fsp3) is 0.500. The first-order valence-electron chi connectivity index (χ1n) is 8.29. The number of amides is 2. The summed E-state index contributed by atoms with van der Waals surface area (Å²) in [5.41, 5.74) is 5.16. The van der Waals surface area contributed by atoms with Gasteiger partial charge >= 0.3 is 12.1 Å². The minimum Gasteiger partial charge on any atom is -0.468 e. The first-order valence-corrected chi connectivity index (χ1v) is 8.29. The number of carbonyl (C=O) groups is 3. The normalized spacial score (nSPS) is 13.3. The van der Waals surface area contributed by atoms with Crippen molar-refractivity contribution >= 4 is 18.0 Å². The van der Waals surface area contributed by atoms with Crippen LogP contribution >= 0.6 is 0 Å². The Balaban J connectivity index is 2.77. The number of esters is 1. The minimum absolute atomic E-state index is 0.264. The van der Waals surface area contributed by atoms with Gasteiger partial charge in [0.2, 0.25) is 0 Å². The van der Waals surface area contributed by atoms with Crippen LogP contribution in [0, 0.1) is 0 Å². The lowest BCUT2D eigenvalue weighted by Gasteiger charge is -2.24. The molecule has 1 aromatic carbocycles. The monoisotopic (exact) mass is 365 g/mol. The summed E-state index contributed by atoms with van der Waals surface area (Å²) in [7, 11) is 1.25. The van der Waals surface area contributed by atoms with Crippen molar-refractivity contribution in [2.45, 2.75) is 51.8 Å². The van der Waals surface area contributed by atoms with Crippen LogP contribution in [0.3, 0.4) is 0 Å². The van der Waals surface area contributed by atoms with E-state index >= 15 is 0 Å². The number of hydrogen-bond acceptors (Lipinski definition) is 6. The highest BCUT2D eigenvalue weighted by atomic mass is 16.6. The second-order valence-corrected chi connectivity index (χ2v) is 6.77. The molecular weight excluding hydrogens is 338 g/mol. The molecule has 2 atom stereocenters. The van der Waals surface area contributed by atoms with Gasteiger partial charge in [0.05, 0.1) is 7.11 Å². The Hall–Kier alpha value is -2.61. The van der Waals surface area contributed by atoms with Crippen molar-refractivity contribution in [1.29, 1.82) is 0 Å². The van der Waals surface area contributed by atoms with E-state index in [2.05, 4.69) is 20.9 Å². The van der Waals surface area contributed by atoms with Gasteiger partial charge < -0.3 is 14.8 Å². The number of nitrogens with one attached hydrogen (secondary N) is 3. The average molecular weight is 365 g/mol. The van der Waals surface area contributed by atoms with Crippen LogP contribution in [0.4, 0.5) is 4.79 Å². The standard InChI is InChI=1S/C18H27N3O5/c1-12(16(23)25-5)20-21-15(22)14(11-13-9-7-6-8-10-13)19-17(24)26-18(2,3)4/h6-10,12,14,20H,11H2,1-5H3,(H,19,24)(H,21,22)/t12-,14+/m1/s1. The molecule has 0 unspecified atom stereocenters. The van der Waals surface area contributed by atoms with E-state index in [1.807, 2.05) is 30.3 Å². The van der Waals surface area contributed by atoms with Crippen molar-refractivity contribution in [3.63, 3.8) is 0 Å². The molecule has 0 aliphatic carbocycles. The number of hydrazine groups is 1. The second kappa shape index (κ2) is 9.76. The summed E-state index contributed by atoms with van der Waals surface area (Å²) < 4.78 is 9.79. The molecule has 8 heteroatoms. The van der Waals surface area contributed by atoms with Gasteiger partial charge in [0.15, 0.2) is 0 Å². The minimum atomic E-state index is -0.885. The van der Waals surface area contributed by atoms with Crippen LogP contribution in [-0.4, -0.2) is 42.8 Å². The van der Waals surface area contributed by atoms with Crippen LogP contribution in [-0.2, 0) is 25.5 Å². The number of hydrogen-bond donors (Lipinski definition) is 3. The van der Waals surface area contributed by atoms with Gasteiger partial charge in [-0.1, -0.05) is 30.3 Å². The third-order valence-electron chi connectivity index (χ3n) is 3.26. The maximum absolute atomic E-state index is 12.5. The van der Waals surface area contributed by atoms with Crippen LogP contribution in [0.5, 0.6) is 0 Å². The van der Waals surface area contributed by atoms with Crippen molar-refractivity contribution in [3.8, 4) is 0 Å². The van der Waals surface area contributed by atoms with E-state index in [1.165, 1.54) is 7.11 Å². The van der Waals surface area contributed by atoms with Gasteiger partial charge in [-0.3, -0.25) is 15.0 Å². The molecule has 0 saturated carbocycles. The van der Waals surface area contributed by atoms with Gasteiger partial charge in [-0.2, -0.15) is 0 Å². The van der Waals surface area contributed by atoms with Gasteiger partial charge in [-0.25, -0.2) is 10.2 Å². The summed E-state index contributed by atoms with van der Waals surface area (Å²) in [6.07, 6.45) is -0.435. The molecule has 0 heterocycles. The Bertz CT molecular complexity index is 613. The van der Waals surface area contributed by atoms with Crippen LogP contribution in [0.2, 0.25) is 0 Å². The van der Waals surface area contributed by atoms with Gasteiger partial charge in [-0.05, 0) is 33.3 Å². The zero-order valence-corrected chi connectivity index (χ0v) is 15.8. The van der Waals surface area contributed by atoms with Crippen LogP contribution in [0.1, 0.15) is 33.3 Å². The Morgan fingerprint density at radius 1 is 1.12 bits per heavy atom. The molecule has 0 saturated heterocycles. The highest BCUT2D eigenvalue weighted by Gasteiger charge is 2.25. The van der Waals surface area contributed by atoms with E-state index in [0.29, 0.717) is 0 Å². The molecule has 0 aliphatic rings. The van der Waals surface area contributed by atoms with Crippen molar-refractivity contribution in [3.05, 3.63) is 35.9 Å². The molecule has 1 aromatic rings. The fourth-order valence-corrected chi connectivity index (χ4v) is 2.01. The number of benzene rings is 1. The second-order valence-electron chi connectivity index (χ2n) is 6.77. The number of ether oxygens (including phenoxy) is 2. The van der Waals surface area contributed by atoms with E-state index in [0.717, 1.165) is 5.56 Å². The van der Waals surface area contributed by atoms with Crippen LogP contribution < -0.4 is 16.2 Å². The Labute approximate surface area is 153 Å². The number of rotatable bonds is 7. The quantitative estimate of drug-likeness (QED) is 0.497. The first-order chi connectivity index (χ1) is 12.1. The zero-order chi connectivity index (χ0) is 19.7. The molecule has 8 nitrogen and oxygen atoms in total. The van der Waals surface area contributed by atoms with Gasteiger partial charge in [0.25, 0.3) is 5.91 Å². The summed E-state index contributed by atoms with van der Waals surface area (Å²) in [5.74, 6) is -1.03. The molecule has 3 N–H and O–H groups in total.